The molecule has 0 spiro atoms. The summed E-state index contributed by atoms with van der Waals surface area (Å²) in [6.45, 7) is 0. The van der Waals surface area contributed by atoms with Crippen molar-refractivity contribution in [3.63, 3.8) is 0 Å². The maximum atomic E-state index is 13.9. The smallest absolute Gasteiger partial charge is 0.165 e. The van der Waals surface area contributed by atoms with E-state index in [1.807, 2.05) is 12.1 Å². The number of fused-ring (bicyclic) bond motifs is 1. The topological polar surface area (TPSA) is 31.4 Å². The van der Waals surface area contributed by atoms with Gasteiger partial charge in [0.05, 0.1) is 30.5 Å². The van der Waals surface area contributed by atoms with Gasteiger partial charge in [-0.3, -0.25) is 0 Å². The highest BCUT2D eigenvalue weighted by atomic mass is 79.9. The predicted molar refractivity (Wildman–Crippen MR) is 93.0 cm³/mol. The number of methoxy groups -OCH3 is 2. The first kappa shape index (κ1) is 16.0. The van der Waals surface area contributed by atoms with E-state index >= 15 is 0 Å². The normalized spacial score (nSPS) is 10.8. The van der Waals surface area contributed by atoms with E-state index in [0.717, 1.165) is 9.86 Å². The van der Waals surface area contributed by atoms with Gasteiger partial charge in [-0.05, 0) is 52.3 Å². The first-order valence-electron chi connectivity index (χ1n) is 6.71. The van der Waals surface area contributed by atoms with E-state index in [4.69, 9.17) is 21.1 Å². The van der Waals surface area contributed by atoms with E-state index in [9.17, 15) is 4.39 Å². The summed E-state index contributed by atoms with van der Waals surface area (Å²) in [5, 5.41) is 1.27. The minimum absolute atomic E-state index is 0.187. The van der Waals surface area contributed by atoms with Gasteiger partial charge in [-0.2, -0.15) is 0 Å². The molecule has 1 heterocycles. The fourth-order valence-corrected chi connectivity index (χ4v) is 3.09. The molecule has 6 heteroatoms. The van der Waals surface area contributed by atoms with Crippen molar-refractivity contribution in [3.8, 4) is 22.8 Å². The number of benzene rings is 2. The zero-order valence-electron chi connectivity index (χ0n) is 12.4. The van der Waals surface area contributed by atoms with Gasteiger partial charge >= 0.3 is 0 Å². The predicted octanol–water partition coefficient (Wildman–Crippen LogP) is 5.47. The number of aromatic nitrogens is 1. The molecule has 0 radical (unpaired) electrons. The zero-order valence-corrected chi connectivity index (χ0v) is 14.7. The largest absolute Gasteiger partial charge is 0.497 e. The molecule has 2 aromatic carbocycles. The second-order valence-electron chi connectivity index (χ2n) is 4.84. The number of hydrogen-bond donors (Lipinski definition) is 0. The molecule has 3 nitrogen and oxygen atoms in total. The molecule has 0 fully saturated rings. The number of rotatable bonds is 3. The van der Waals surface area contributed by atoms with Crippen LogP contribution in [0.15, 0.2) is 40.9 Å². The lowest BCUT2D eigenvalue weighted by molar-refractivity contribution is 0.386. The lowest BCUT2D eigenvalue weighted by atomic mass is 10.1. The lowest BCUT2D eigenvalue weighted by Crippen LogP contribution is -1.92. The summed E-state index contributed by atoms with van der Waals surface area (Å²) in [7, 11) is 3.01. The van der Waals surface area contributed by atoms with Crippen molar-refractivity contribution in [2.75, 3.05) is 14.2 Å². The third-order valence-corrected chi connectivity index (χ3v) is 4.39. The van der Waals surface area contributed by atoms with E-state index in [2.05, 4.69) is 20.9 Å². The Bertz CT molecular complexity index is 901. The number of hydrogen-bond acceptors (Lipinski definition) is 3. The molecule has 0 bridgehead atoms. The fraction of sp³-hybridized carbons (Fsp3) is 0.118. The van der Waals surface area contributed by atoms with Gasteiger partial charge in [0.25, 0.3) is 0 Å². The summed E-state index contributed by atoms with van der Waals surface area (Å²) in [6.07, 6.45) is 0. The highest BCUT2D eigenvalue weighted by Gasteiger charge is 2.12. The van der Waals surface area contributed by atoms with Crippen LogP contribution in [0.5, 0.6) is 11.5 Å². The standard InChI is InChI=1S/C17H12BrClFNO2/c1-22-10-6-11-13(19)8-15(21-17(11)12(18)7-10)9-3-4-16(23-2)14(20)5-9/h3-8H,1-2H3. The zero-order chi connectivity index (χ0) is 16.6. The molecular formula is C17H12BrClFNO2. The van der Waals surface area contributed by atoms with Gasteiger partial charge in [-0.1, -0.05) is 11.6 Å². The van der Waals surface area contributed by atoms with Gasteiger partial charge in [0, 0.05) is 15.4 Å². The summed E-state index contributed by atoms with van der Waals surface area (Å²) in [4.78, 5) is 4.58. The van der Waals surface area contributed by atoms with Crippen molar-refractivity contribution in [3.05, 3.63) is 51.7 Å². The molecule has 23 heavy (non-hydrogen) atoms. The van der Waals surface area contributed by atoms with Gasteiger partial charge < -0.3 is 9.47 Å². The van der Waals surface area contributed by atoms with Crippen LogP contribution in [0.1, 0.15) is 0 Å². The second-order valence-corrected chi connectivity index (χ2v) is 6.11. The molecule has 3 rings (SSSR count). The Kier molecular flexibility index (Phi) is 4.41. The molecular weight excluding hydrogens is 385 g/mol. The highest BCUT2D eigenvalue weighted by molar-refractivity contribution is 9.10. The van der Waals surface area contributed by atoms with Gasteiger partial charge in [0.1, 0.15) is 5.75 Å². The molecule has 0 aliphatic heterocycles. The van der Waals surface area contributed by atoms with Crippen LogP contribution in [-0.4, -0.2) is 19.2 Å². The van der Waals surface area contributed by atoms with E-state index in [1.165, 1.54) is 13.2 Å². The number of nitrogens with zero attached hydrogens (tertiary/aromatic N) is 1. The first-order valence-corrected chi connectivity index (χ1v) is 7.88. The van der Waals surface area contributed by atoms with Gasteiger partial charge in [-0.25, -0.2) is 9.37 Å². The van der Waals surface area contributed by atoms with Gasteiger partial charge in [0.2, 0.25) is 0 Å². The molecule has 0 amide bonds. The van der Waals surface area contributed by atoms with Crippen LogP contribution in [0.3, 0.4) is 0 Å². The van der Waals surface area contributed by atoms with E-state index in [1.54, 1.807) is 25.3 Å². The van der Waals surface area contributed by atoms with Crippen molar-refractivity contribution >= 4 is 38.4 Å². The van der Waals surface area contributed by atoms with E-state index in [-0.39, 0.29) is 5.75 Å². The van der Waals surface area contributed by atoms with E-state index in [0.29, 0.717) is 27.5 Å². The summed E-state index contributed by atoms with van der Waals surface area (Å²) < 4.78 is 24.8. The van der Waals surface area contributed by atoms with Crippen LogP contribution < -0.4 is 9.47 Å². The van der Waals surface area contributed by atoms with Crippen LogP contribution >= 0.6 is 27.5 Å². The Morgan fingerprint density at radius 1 is 1.09 bits per heavy atom. The Balaban J connectivity index is 2.20. The van der Waals surface area contributed by atoms with Crippen molar-refractivity contribution in [1.29, 1.82) is 0 Å². The van der Waals surface area contributed by atoms with Crippen molar-refractivity contribution in [2.45, 2.75) is 0 Å². The number of ether oxygens (including phenoxy) is 2. The Morgan fingerprint density at radius 3 is 2.52 bits per heavy atom. The van der Waals surface area contributed by atoms with Crippen molar-refractivity contribution in [2.24, 2.45) is 0 Å². The Hall–Kier alpha value is -1.85. The van der Waals surface area contributed by atoms with Crippen LogP contribution in [0.4, 0.5) is 4.39 Å². The van der Waals surface area contributed by atoms with Gasteiger partial charge in [0.15, 0.2) is 11.6 Å². The quantitative estimate of drug-likeness (QED) is 0.588. The van der Waals surface area contributed by atoms with Crippen molar-refractivity contribution in [1.82, 2.24) is 4.98 Å². The average Bonchev–Trinajstić information content (AvgIpc) is 2.55. The maximum absolute atomic E-state index is 13.9. The number of halogens is 3. The van der Waals surface area contributed by atoms with Gasteiger partial charge in [-0.15, -0.1) is 0 Å². The lowest BCUT2D eigenvalue weighted by Gasteiger charge is -2.10. The number of pyridine rings is 1. The molecule has 3 aromatic rings. The van der Waals surface area contributed by atoms with Crippen LogP contribution in [0.2, 0.25) is 5.02 Å². The van der Waals surface area contributed by atoms with Crippen LogP contribution in [0, 0.1) is 5.82 Å². The van der Waals surface area contributed by atoms with Crippen LogP contribution in [0.25, 0.3) is 22.2 Å². The molecule has 0 saturated carbocycles. The molecule has 0 saturated heterocycles. The molecule has 0 aliphatic carbocycles. The minimum atomic E-state index is -0.447. The molecule has 118 valence electrons. The summed E-state index contributed by atoms with van der Waals surface area (Å²) in [5.74, 6) is 0.416. The maximum Gasteiger partial charge on any atom is 0.165 e. The highest BCUT2D eigenvalue weighted by Crippen LogP contribution is 2.35. The monoisotopic (exact) mass is 395 g/mol. The molecule has 1 aromatic heterocycles. The third kappa shape index (κ3) is 2.99. The van der Waals surface area contributed by atoms with Crippen LogP contribution in [-0.2, 0) is 0 Å². The first-order chi connectivity index (χ1) is 11.0. The molecule has 0 unspecified atom stereocenters. The Morgan fingerprint density at radius 2 is 1.87 bits per heavy atom. The summed E-state index contributed by atoms with van der Waals surface area (Å²) in [5.41, 5.74) is 1.88. The summed E-state index contributed by atoms with van der Waals surface area (Å²) >= 11 is 9.85. The fourth-order valence-electron chi connectivity index (χ4n) is 2.31. The minimum Gasteiger partial charge on any atom is -0.497 e. The van der Waals surface area contributed by atoms with Crippen molar-refractivity contribution < 1.29 is 13.9 Å². The Labute approximate surface area is 146 Å². The SMILES string of the molecule is COc1cc(Br)c2nc(-c3ccc(OC)c(F)c3)cc(Cl)c2c1. The molecule has 0 atom stereocenters. The second kappa shape index (κ2) is 6.34. The third-order valence-electron chi connectivity index (χ3n) is 3.47. The summed E-state index contributed by atoms with van der Waals surface area (Å²) in [6, 6.07) is 10.0. The molecule has 0 N–H and O–H groups in total. The van der Waals surface area contributed by atoms with E-state index < -0.39 is 5.82 Å². The average molecular weight is 397 g/mol. The molecule has 0 aliphatic rings.